The topological polar surface area (TPSA) is 71.0 Å². The number of amides is 2. The van der Waals surface area contributed by atoms with Gasteiger partial charge in [-0.05, 0) is 23.8 Å². The lowest BCUT2D eigenvalue weighted by atomic mass is 10.2. The van der Waals surface area contributed by atoms with Gasteiger partial charge in [0.2, 0.25) is 11.8 Å². The fourth-order valence-corrected chi connectivity index (χ4v) is 4.08. The molecule has 0 radical (unpaired) electrons. The Morgan fingerprint density at radius 1 is 1.22 bits per heavy atom. The van der Waals surface area contributed by atoms with Gasteiger partial charge in [0.05, 0.1) is 0 Å². The van der Waals surface area contributed by atoms with Crippen molar-refractivity contribution in [2.45, 2.75) is 25.8 Å². The third-order valence-corrected chi connectivity index (χ3v) is 5.30. The highest BCUT2D eigenvalue weighted by molar-refractivity contribution is 9.10. The molecule has 1 aliphatic heterocycles. The summed E-state index contributed by atoms with van der Waals surface area (Å²) in [6.45, 7) is 3.25. The number of rotatable bonds is 4. The van der Waals surface area contributed by atoms with Crippen LogP contribution in [0.5, 0.6) is 5.75 Å². The fraction of sp³-hybridized carbons (Fsp3) is 0.211. The molecule has 0 spiro atoms. The first-order chi connectivity index (χ1) is 12.9. The van der Waals surface area contributed by atoms with Gasteiger partial charge in [-0.1, -0.05) is 58.0 Å². The van der Waals surface area contributed by atoms with Crippen LogP contribution in [0.2, 0.25) is 0 Å². The third-order valence-electron chi connectivity index (χ3n) is 3.72. The SMILES string of the molecule is CC(=O)NC1=NN(C(C)=O)[C@@H](c2cc(Br)ccc2OCc2ccccc2)S1. The van der Waals surface area contributed by atoms with Crippen LogP contribution >= 0.6 is 27.7 Å². The van der Waals surface area contributed by atoms with Crippen molar-refractivity contribution in [1.82, 2.24) is 10.3 Å². The van der Waals surface area contributed by atoms with E-state index >= 15 is 0 Å². The molecule has 1 N–H and O–H groups in total. The zero-order valence-electron chi connectivity index (χ0n) is 14.8. The Balaban J connectivity index is 1.87. The van der Waals surface area contributed by atoms with Gasteiger partial charge in [-0.2, -0.15) is 0 Å². The van der Waals surface area contributed by atoms with Crippen molar-refractivity contribution in [3.05, 3.63) is 64.1 Å². The summed E-state index contributed by atoms with van der Waals surface area (Å²) in [5.41, 5.74) is 1.84. The van der Waals surface area contributed by atoms with Crippen molar-refractivity contribution in [2.24, 2.45) is 5.10 Å². The number of carbonyl (C=O) groups excluding carboxylic acids is 2. The van der Waals surface area contributed by atoms with Crippen LogP contribution in [0.25, 0.3) is 0 Å². The molecule has 0 unspecified atom stereocenters. The first kappa shape index (κ1) is 19.4. The Morgan fingerprint density at radius 2 is 1.96 bits per heavy atom. The van der Waals surface area contributed by atoms with Crippen molar-refractivity contribution in [1.29, 1.82) is 0 Å². The lowest BCUT2D eigenvalue weighted by Crippen LogP contribution is -2.25. The highest BCUT2D eigenvalue weighted by Crippen LogP contribution is 2.43. The van der Waals surface area contributed by atoms with Gasteiger partial charge in [0.15, 0.2) is 5.17 Å². The van der Waals surface area contributed by atoms with Crippen molar-refractivity contribution in [3.8, 4) is 5.75 Å². The summed E-state index contributed by atoms with van der Waals surface area (Å²) >= 11 is 4.77. The molecule has 0 aromatic heterocycles. The van der Waals surface area contributed by atoms with E-state index in [0.717, 1.165) is 15.6 Å². The molecule has 0 saturated carbocycles. The second kappa shape index (κ2) is 8.58. The van der Waals surface area contributed by atoms with Crippen LogP contribution in [0, 0.1) is 0 Å². The molecule has 2 amide bonds. The summed E-state index contributed by atoms with van der Waals surface area (Å²) in [7, 11) is 0. The summed E-state index contributed by atoms with van der Waals surface area (Å²) in [5, 5.41) is 8.20. The molecule has 2 aromatic rings. The second-order valence-electron chi connectivity index (χ2n) is 5.88. The van der Waals surface area contributed by atoms with Crippen molar-refractivity contribution in [3.63, 3.8) is 0 Å². The highest BCUT2D eigenvalue weighted by atomic mass is 79.9. The smallest absolute Gasteiger partial charge is 0.241 e. The van der Waals surface area contributed by atoms with Crippen LogP contribution in [-0.2, 0) is 16.2 Å². The van der Waals surface area contributed by atoms with Gasteiger partial charge in [-0.15, -0.1) is 5.10 Å². The number of hydrazone groups is 1. The van der Waals surface area contributed by atoms with E-state index in [1.165, 1.54) is 30.6 Å². The summed E-state index contributed by atoms with van der Waals surface area (Å²) in [4.78, 5) is 23.4. The molecule has 0 aliphatic carbocycles. The minimum atomic E-state index is -0.423. The average molecular weight is 448 g/mol. The first-order valence-electron chi connectivity index (χ1n) is 8.23. The summed E-state index contributed by atoms with van der Waals surface area (Å²) in [6.07, 6.45) is 0. The van der Waals surface area contributed by atoms with E-state index in [2.05, 4.69) is 26.3 Å². The molecular formula is C19H18BrN3O3S. The van der Waals surface area contributed by atoms with Gasteiger partial charge in [0.25, 0.3) is 0 Å². The lowest BCUT2D eigenvalue weighted by Gasteiger charge is -2.22. The number of nitrogens with one attached hydrogen (secondary N) is 1. The largest absolute Gasteiger partial charge is 0.489 e. The number of nitrogens with zero attached hydrogens (tertiary/aromatic N) is 2. The highest BCUT2D eigenvalue weighted by Gasteiger charge is 2.34. The van der Waals surface area contributed by atoms with E-state index in [1.807, 2.05) is 48.5 Å². The van der Waals surface area contributed by atoms with Gasteiger partial charge in [0.1, 0.15) is 17.7 Å². The van der Waals surface area contributed by atoms with Crippen LogP contribution in [-0.4, -0.2) is 22.0 Å². The van der Waals surface area contributed by atoms with E-state index in [1.54, 1.807) is 0 Å². The molecule has 1 heterocycles. The predicted molar refractivity (Wildman–Crippen MR) is 109 cm³/mol. The summed E-state index contributed by atoms with van der Waals surface area (Å²) in [5.74, 6) is 0.201. The quantitative estimate of drug-likeness (QED) is 0.767. The Morgan fingerprint density at radius 3 is 2.63 bits per heavy atom. The maximum Gasteiger partial charge on any atom is 0.241 e. The van der Waals surface area contributed by atoms with Crippen LogP contribution < -0.4 is 10.1 Å². The zero-order chi connectivity index (χ0) is 19.4. The third kappa shape index (κ3) is 4.90. The molecule has 0 bridgehead atoms. The Hall–Kier alpha value is -2.32. The first-order valence-corrected chi connectivity index (χ1v) is 9.90. The van der Waals surface area contributed by atoms with E-state index < -0.39 is 5.37 Å². The molecule has 140 valence electrons. The number of thioether (sulfide) groups is 1. The van der Waals surface area contributed by atoms with Gasteiger partial charge >= 0.3 is 0 Å². The summed E-state index contributed by atoms with van der Waals surface area (Å²) < 4.78 is 6.89. The number of halogens is 1. The number of amidine groups is 1. The molecule has 2 aromatic carbocycles. The van der Waals surface area contributed by atoms with Gasteiger partial charge in [0, 0.05) is 23.9 Å². The van der Waals surface area contributed by atoms with Crippen LogP contribution in [0.15, 0.2) is 58.1 Å². The van der Waals surface area contributed by atoms with Crippen LogP contribution in [0.3, 0.4) is 0 Å². The maximum absolute atomic E-state index is 12.1. The Bertz CT molecular complexity index is 889. The Labute approximate surface area is 170 Å². The zero-order valence-corrected chi connectivity index (χ0v) is 17.2. The van der Waals surface area contributed by atoms with Gasteiger partial charge < -0.3 is 10.1 Å². The molecule has 1 aliphatic rings. The minimum absolute atomic E-state index is 0.221. The molecule has 8 heteroatoms. The van der Waals surface area contributed by atoms with E-state index in [4.69, 9.17) is 4.74 Å². The second-order valence-corrected chi connectivity index (χ2v) is 7.86. The molecule has 6 nitrogen and oxygen atoms in total. The number of hydrogen-bond donors (Lipinski definition) is 1. The Kier molecular flexibility index (Phi) is 6.18. The predicted octanol–water partition coefficient (Wildman–Crippen LogP) is 4.03. The normalized spacial score (nSPS) is 16.0. The molecule has 1 atom stereocenters. The van der Waals surface area contributed by atoms with Gasteiger partial charge in [-0.25, -0.2) is 5.01 Å². The van der Waals surface area contributed by atoms with Gasteiger partial charge in [-0.3, -0.25) is 9.59 Å². The average Bonchev–Trinajstić information content (AvgIpc) is 3.04. The molecule has 3 rings (SSSR count). The van der Waals surface area contributed by atoms with E-state index in [9.17, 15) is 9.59 Å². The van der Waals surface area contributed by atoms with Crippen molar-refractivity contribution < 1.29 is 14.3 Å². The van der Waals surface area contributed by atoms with Crippen molar-refractivity contribution >= 4 is 44.7 Å². The lowest BCUT2D eigenvalue weighted by molar-refractivity contribution is -0.129. The monoisotopic (exact) mass is 447 g/mol. The molecule has 27 heavy (non-hydrogen) atoms. The number of benzene rings is 2. The number of carbonyl (C=O) groups is 2. The summed E-state index contributed by atoms with van der Waals surface area (Å²) in [6, 6.07) is 15.5. The minimum Gasteiger partial charge on any atom is -0.489 e. The fourth-order valence-electron chi connectivity index (χ4n) is 2.54. The number of hydrogen-bond acceptors (Lipinski definition) is 5. The molecule has 0 saturated heterocycles. The maximum atomic E-state index is 12.1. The van der Waals surface area contributed by atoms with Crippen molar-refractivity contribution in [2.75, 3.05) is 0 Å². The number of ether oxygens (including phenoxy) is 1. The van der Waals surface area contributed by atoms with E-state index in [0.29, 0.717) is 17.5 Å². The molecular weight excluding hydrogens is 430 g/mol. The standard InChI is InChI=1S/C19H18BrN3O3S/c1-12(24)21-19-22-23(13(2)25)18(27-19)16-10-15(20)8-9-17(16)26-11-14-6-4-3-5-7-14/h3-10,18H,11H2,1-2H3,(H,21,22,24)/t18-/m1/s1. The molecule has 0 fully saturated rings. The van der Waals surface area contributed by atoms with E-state index in [-0.39, 0.29) is 11.8 Å². The van der Waals surface area contributed by atoms with Crippen LogP contribution in [0.4, 0.5) is 0 Å². The van der Waals surface area contributed by atoms with Crippen LogP contribution in [0.1, 0.15) is 30.3 Å².